The maximum absolute atomic E-state index is 14.7. The lowest BCUT2D eigenvalue weighted by Gasteiger charge is -2.35. The number of sulfonamides is 1. The number of amides is 2. The Labute approximate surface area is 300 Å². The average molecular weight is 722 g/mol. The summed E-state index contributed by atoms with van der Waals surface area (Å²) in [5.74, 6) is 0.120. The number of ether oxygens (including phenoxy) is 3. The van der Waals surface area contributed by atoms with Crippen LogP contribution in [0, 0.1) is 0 Å². The molecule has 0 saturated heterocycles. The van der Waals surface area contributed by atoms with Crippen LogP contribution >= 0.6 is 11.6 Å². The molecule has 0 fully saturated rings. The fourth-order valence-corrected chi connectivity index (χ4v) is 6.86. The molecule has 10 nitrogen and oxygen atoms in total. The minimum Gasteiger partial charge on any atom is -0.494 e. The first-order valence-electron chi connectivity index (χ1n) is 16.1. The van der Waals surface area contributed by atoms with E-state index in [0.29, 0.717) is 28.7 Å². The van der Waals surface area contributed by atoms with E-state index in [1.807, 2.05) is 58.0 Å². The summed E-state index contributed by atoms with van der Waals surface area (Å²) in [5, 5.41) is 3.54. The minimum atomic E-state index is -4.39. The highest BCUT2D eigenvalue weighted by Crippen LogP contribution is 2.33. The number of halogens is 1. The van der Waals surface area contributed by atoms with Crippen molar-refractivity contribution in [2.75, 3.05) is 31.7 Å². The second kappa shape index (κ2) is 16.8. The Hall–Kier alpha value is -4.74. The van der Waals surface area contributed by atoms with Crippen molar-refractivity contribution in [1.29, 1.82) is 0 Å². The van der Waals surface area contributed by atoms with Crippen molar-refractivity contribution >= 4 is 39.1 Å². The molecule has 0 saturated carbocycles. The Morgan fingerprint density at radius 2 is 1.48 bits per heavy atom. The molecular weight excluding hydrogens is 678 g/mol. The third kappa shape index (κ3) is 9.92. The van der Waals surface area contributed by atoms with Crippen LogP contribution in [0.5, 0.6) is 17.2 Å². The fourth-order valence-electron chi connectivity index (χ4n) is 5.30. The van der Waals surface area contributed by atoms with Gasteiger partial charge in [0.2, 0.25) is 11.8 Å². The number of benzene rings is 4. The molecule has 4 aromatic carbocycles. The van der Waals surface area contributed by atoms with Crippen LogP contribution in [0.25, 0.3) is 0 Å². The second-order valence-corrected chi connectivity index (χ2v) is 14.8. The summed E-state index contributed by atoms with van der Waals surface area (Å²) in [6.07, 6.45) is 0.188. The summed E-state index contributed by atoms with van der Waals surface area (Å²) in [4.78, 5) is 30.1. The largest absolute Gasteiger partial charge is 0.494 e. The van der Waals surface area contributed by atoms with Gasteiger partial charge in [0.05, 0.1) is 31.4 Å². The van der Waals surface area contributed by atoms with Gasteiger partial charge in [-0.15, -0.1) is 0 Å². The van der Waals surface area contributed by atoms with Crippen molar-refractivity contribution in [3.05, 3.63) is 113 Å². The molecule has 266 valence electrons. The molecule has 1 atom stereocenters. The summed E-state index contributed by atoms with van der Waals surface area (Å²) in [7, 11) is -1.52. The van der Waals surface area contributed by atoms with Gasteiger partial charge < -0.3 is 24.4 Å². The van der Waals surface area contributed by atoms with E-state index in [-0.39, 0.29) is 35.2 Å². The number of carbonyl (C=O) groups is 2. The van der Waals surface area contributed by atoms with E-state index in [4.69, 9.17) is 25.8 Å². The van der Waals surface area contributed by atoms with E-state index in [0.717, 1.165) is 9.87 Å². The standard InChI is InChI=1S/C38H44ClN3O7S/c1-7-49-31-19-17-30(18-20-31)42(50(45,46)32-21-22-34(47-5)35(24-32)48-6)26-36(43)41(25-28-13-15-29(39)16-14-28)33(37(44)40-38(2,3)4)23-27-11-9-8-10-12-27/h8-22,24,33H,7,23,25-26H2,1-6H3,(H,40,44)/t33-/m0/s1. The molecule has 0 aromatic heterocycles. The Balaban J connectivity index is 1.84. The summed E-state index contributed by atoms with van der Waals surface area (Å²) < 4.78 is 46.3. The zero-order chi connectivity index (χ0) is 36.5. The molecule has 0 bridgehead atoms. The summed E-state index contributed by atoms with van der Waals surface area (Å²) in [5.41, 5.74) is 1.16. The molecule has 1 N–H and O–H groups in total. The van der Waals surface area contributed by atoms with Crippen LogP contribution in [-0.2, 0) is 32.6 Å². The van der Waals surface area contributed by atoms with Gasteiger partial charge >= 0.3 is 0 Å². The number of nitrogens with one attached hydrogen (secondary N) is 1. The predicted octanol–water partition coefficient (Wildman–Crippen LogP) is 6.51. The number of nitrogens with zero attached hydrogens (tertiary/aromatic N) is 2. The highest BCUT2D eigenvalue weighted by atomic mass is 35.5. The van der Waals surface area contributed by atoms with Gasteiger partial charge in [0.15, 0.2) is 11.5 Å². The Morgan fingerprint density at radius 1 is 0.840 bits per heavy atom. The molecule has 0 unspecified atom stereocenters. The average Bonchev–Trinajstić information content (AvgIpc) is 3.09. The van der Waals surface area contributed by atoms with Crippen LogP contribution in [0.2, 0.25) is 5.02 Å². The molecule has 0 heterocycles. The van der Waals surface area contributed by atoms with E-state index in [9.17, 15) is 18.0 Å². The van der Waals surface area contributed by atoms with Gasteiger partial charge in [-0.05, 0) is 87.4 Å². The van der Waals surface area contributed by atoms with Crippen molar-refractivity contribution in [2.24, 2.45) is 0 Å². The first-order chi connectivity index (χ1) is 23.7. The third-order valence-electron chi connectivity index (χ3n) is 7.69. The maximum atomic E-state index is 14.7. The van der Waals surface area contributed by atoms with Crippen LogP contribution in [0.15, 0.2) is 102 Å². The number of hydrogen-bond acceptors (Lipinski definition) is 7. The molecule has 0 aliphatic rings. The molecule has 4 aromatic rings. The van der Waals surface area contributed by atoms with Gasteiger partial charge in [0, 0.05) is 29.6 Å². The number of carbonyl (C=O) groups excluding carboxylic acids is 2. The molecule has 4 rings (SSSR count). The zero-order valence-electron chi connectivity index (χ0n) is 29.2. The summed E-state index contributed by atoms with van der Waals surface area (Å²) in [6.45, 7) is 7.24. The Bertz CT molecular complexity index is 1850. The van der Waals surface area contributed by atoms with Gasteiger partial charge in [0.25, 0.3) is 10.0 Å². The SMILES string of the molecule is CCOc1ccc(N(CC(=O)N(Cc2ccc(Cl)cc2)[C@@H](Cc2ccccc2)C(=O)NC(C)(C)C)S(=O)(=O)c2ccc(OC)c(OC)c2)cc1. The molecular formula is C38H44ClN3O7S. The minimum absolute atomic E-state index is 0.0125. The van der Waals surface area contributed by atoms with Gasteiger partial charge in [-0.1, -0.05) is 54.1 Å². The quantitative estimate of drug-likeness (QED) is 0.149. The normalized spacial score (nSPS) is 12.1. The van der Waals surface area contributed by atoms with Crippen molar-refractivity contribution in [3.63, 3.8) is 0 Å². The van der Waals surface area contributed by atoms with E-state index < -0.39 is 34.1 Å². The smallest absolute Gasteiger partial charge is 0.264 e. The number of hydrogen-bond donors (Lipinski definition) is 1. The van der Waals surface area contributed by atoms with Crippen LogP contribution in [0.3, 0.4) is 0 Å². The Morgan fingerprint density at radius 3 is 2.06 bits per heavy atom. The lowest BCUT2D eigenvalue weighted by molar-refractivity contribution is -0.140. The molecule has 12 heteroatoms. The molecule has 2 amide bonds. The highest BCUT2D eigenvalue weighted by Gasteiger charge is 2.36. The van der Waals surface area contributed by atoms with Crippen LogP contribution in [0.4, 0.5) is 5.69 Å². The monoisotopic (exact) mass is 721 g/mol. The van der Waals surface area contributed by atoms with E-state index in [1.165, 1.54) is 37.3 Å². The number of anilines is 1. The van der Waals surface area contributed by atoms with Gasteiger partial charge in [-0.2, -0.15) is 0 Å². The number of rotatable bonds is 15. The molecule has 0 aliphatic heterocycles. The van der Waals surface area contributed by atoms with Crippen molar-refractivity contribution < 1.29 is 32.2 Å². The van der Waals surface area contributed by atoms with E-state index in [1.54, 1.807) is 48.5 Å². The van der Waals surface area contributed by atoms with E-state index in [2.05, 4.69) is 5.32 Å². The molecule has 0 aliphatic carbocycles. The molecule has 50 heavy (non-hydrogen) atoms. The van der Waals surface area contributed by atoms with Crippen molar-refractivity contribution in [2.45, 2.75) is 57.1 Å². The van der Waals surface area contributed by atoms with Gasteiger partial charge in [0.1, 0.15) is 18.3 Å². The molecule has 0 radical (unpaired) electrons. The van der Waals surface area contributed by atoms with Crippen molar-refractivity contribution in [1.82, 2.24) is 10.2 Å². The van der Waals surface area contributed by atoms with Crippen LogP contribution in [0.1, 0.15) is 38.8 Å². The first kappa shape index (κ1) is 38.1. The fraction of sp³-hybridized carbons (Fsp3) is 0.316. The lowest BCUT2D eigenvalue weighted by atomic mass is 10.0. The first-order valence-corrected chi connectivity index (χ1v) is 17.9. The topological polar surface area (TPSA) is 114 Å². The van der Waals surface area contributed by atoms with Crippen molar-refractivity contribution in [3.8, 4) is 17.2 Å². The zero-order valence-corrected chi connectivity index (χ0v) is 30.8. The molecule has 0 spiro atoms. The highest BCUT2D eigenvalue weighted by molar-refractivity contribution is 7.92. The number of methoxy groups -OCH3 is 2. The Kier molecular flexibility index (Phi) is 12.8. The van der Waals surface area contributed by atoms with Gasteiger partial charge in [-0.25, -0.2) is 8.42 Å². The van der Waals surface area contributed by atoms with Crippen LogP contribution < -0.4 is 23.8 Å². The maximum Gasteiger partial charge on any atom is 0.264 e. The van der Waals surface area contributed by atoms with Gasteiger partial charge in [-0.3, -0.25) is 13.9 Å². The van der Waals surface area contributed by atoms with Crippen LogP contribution in [-0.4, -0.2) is 64.1 Å². The van der Waals surface area contributed by atoms with E-state index >= 15 is 0 Å². The third-order valence-corrected chi connectivity index (χ3v) is 9.71. The summed E-state index contributed by atoms with van der Waals surface area (Å²) in [6, 6.07) is 26.0. The second-order valence-electron chi connectivity index (χ2n) is 12.5. The lowest BCUT2D eigenvalue weighted by Crippen LogP contribution is -2.56. The summed E-state index contributed by atoms with van der Waals surface area (Å²) >= 11 is 6.18. The predicted molar refractivity (Wildman–Crippen MR) is 196 cm³/mol.